The van der Waals surface area contributed by atoms with Crippen LogP contribution in [0.25, 0.3) is 0 Å². The third-order valence-electron chi connectivity index (χ3n) is 5.44. The minimum absolute atomic E-state index is 0.515. The number of carboxylic acid groups (broad SMARTS) is 1. The molecule has 1 aromatic heterocycles. The summed E-state index contributed by atoms with van der Waals surface area (Å²) in [5.74, 6) is 0.894. The van der Waals surface area contributed by atoms with Gasteiger partial charge in [-0.1, -0.05) is 13.8 Å². The maximum absolute atomic E-state index is 11.8. The van der Waals surface area contributed by atoms with Gasteiger partial charge < -0.3 is 19.6 Å². The van der Waals surface area contributed by atoms with Crippen LogP contribution >= 0.6 is 0 Å². The van der Waals surface area contributed by atoms with Gasteiger partial charge in [-0.25, -0.2) is 4.98 Å². The van der Waals surface area contributed by atoms with Gasteiger partial charge in [-0.05, 0) is 25.7 Å². The summed E-state index contributed by atoms with van der Waals surface area (Å²) in [6.45, 7) is 8.38. The van der Waals surface area contributed by atoms with Crippen molar-refractivity contribution in [3.63, 3.8) is 0 Å². The van der Waals surface area contributed by atoms with Gasteiger partial charge in [-0.3, -0.25) is 4.79 Å². The number of hydrogen-bond donors (Lipinski definition) is 1. The molecule has 3 rings (SSSR count). The Balaban J connectivity index is 1.89. The topological polar surface area (TPSA) is 78.8 Å². The van der Waals surface area contributed by atoms with Crippen molar-refractivity contribution < 1.29 is 14.6 Å². The fourth-order valence-corrected chi connectivity index (χ4v) is 3.66. The third kappa shape index (κ3) is 3.71. The summed E-state index contributed by atoms with van der Waals surface area (Å²) in [4.78, 5) is 25.6. The quantitative estimate of drug-likeness (QED) is 0.871. The van der Waals surface area contributed by atoms with Crippen LogP contribution in [0.1, 0.15) is 38.8 Å². The van der Waals surface area contributed by atoms with E-state index >= 15 is 0 Å². The lowest BCUT2D eigenvalue weighted by Crippen LogP contribution is -2.48. The van der Waals surface area contributed by atoms with Crippen molar-refractivity contribution in [2.24, 2.45) is 5.41 Å². The Morgan fingerprint density at radius 3 is 2.64 bits per heavy atom. The minimum Gasteiger partial charge on any atom is -0.481 e. The van der Waals surface area contributed by atoms with E-state index < -0.39 is 11.4 Å². The molecule has 2 saturated heterocycles. The number of ether oxygens (including phenoxy) is 1. The highest BCUT2D eigenvalue weighted by Crippen LogP contribution is 2.35. The summed E-state index contributed by atoms with van der Waals surface area (Å²) in [6, 6.07) is 2.01. The van der Waals surface area contributed by atoms with E-state index in [9.17, 15) is 9.90 Å². The Morgan fingerprint density at radius 1 is 1.24 bits per heavy atom. The molecule has 0 saturated carbocycles. The number of carboxylic acids is 1. The smallest absolute Gasteiger partial charge is 0.311 e. The summed E-state index contributed by atoms with van der Waals surface area (Å²) in [5, 5.41) is 9.73. The molecule has 0 amide bonds. The van der Waals surface area contributed by atoms with Gasteiger partial charge in [0.1, 0.15) is 5.82 Å². The first-order chi connectivity index (χ1) is 12.1. The molecule has 2 aliphatic rings. The highest BCUT2D eigenvalue weighted by atomic mass is 16.5. The zero-order chi connectivity index (χ0) is 17.9. The van der Waals surface area contributed by atoms with Crippen LogP contribution in [0.15, 0.2) is 6.07 Å². The Morgan fingerprint density at radius 2 is 2.00 bits per heavy atom. The van der Waals surface area contributed by atoms with Crippen LogP contribution in [0.2, 0.25) is 0 Å². The monoisotopic (exact) mass is 348 g/mol. The standard InChI is InChI=1S/C18H28N4O3/c1-3-14-12-15(20-17(19-14)21-8-10-25-11-9-21)22-7-5-6-18(4-2,13-22)16(23)24/h12H,3-11,13H2,1-2H3,(H,23,24). The molecular formula is C18H28N4O3. The summed E-state index contributed by atoms with van der Waals surface area (Å²) in [7, 11) is 0. The number of hydrogen-bond acceptors (Lipinski definition) is 6. The van der Waals surface area contributed by atoms with Crippen molar-refractivity contribution in [1.82, 2.24) is 9.97 Å². The van der Waals surface area contributed by atoms with E-state index in [1.807, 2.05) is 13.0 Å². The lowest BCUT2D eigenvalue weighted by Gasteiger charge is -2.40. The number of anilines is 2. The minimum atomic E-state index is -0.696. The first kappa shape index (κ1) is 17.9. The van der Waals surface area contributed by atoms with Crippen molar-refractivity contribution >= 4 is 17.7 Å². The Bertz CT molecular complexity index is 618. The second-order valence-corrected chi connectivity index (χ2v) is 6.93. The Hall–Kier alpha value is -1.89. The molecule has 0 aliphatic carbocycles. The molecule has 7 nitrogen and oxygen atoms in total. The number of aromatic nitrogens is 2. The number of nitrogens with zero attached hydrogens (tertiary/aromatic N) is 4. The van der Waals surface area contributed by atoms with Crippen LogP contribution in [0.3, 0.4) is 0 Å². The van der Waals surface area contributed by atoms with Crippen LogP contribution in [-0.2, 0) is 16.0 Å². The van der Waals surface area contributed by atoms with Crippen molar-refractivity contribution in [1.29, 1.82) is 0 Å². The van der Waals surface area contributed by atoms with Crippen molar-refractivity contribution in [3.05, 3.63) is 11.8 Å². The van der Waals surface area contributed by atoms with E-state index in [2.05, 4.69) is 21.7 Å². The lowest BCUT2D eigenvalue weighted by molar-refractivity contribution is -0.149. The zero-order valence-electron chi connectivity index (χ0n) is 15.2. The summed E-state index contributed by atoms with van der Waals surface area (Å²) in [6.07, 6.45) is 3.08. The van der Waals surface area contributed by atoms with Crippen LogP contribution in [0.5, 0.6) is 0 Å². The van der Waals surface area contributed by atoms with Crippen molar-refractivity contribution in [2.45, 2.75) is 39.5 Å². The number of aryl methyl sites for hydroxylation is 1. The predicted molar refractivity (Wildman–Crippen MR) is 96.2 cm³/mol. The molecule has 7 heteroatoms. The van der Waals surface area contributed by atoms with E-state index in [1.54, 1.807) is 0 Å². The molecule has 3 heterocycles. The van der Waals surface area contributed by atoms with Crippen LogP contribution in [0, 0.1) is 5.41 Å². The first-order valence-corrected chi connectivity index (χ1v) is 9.27. The largest absolute Gasteiger partial charge is 0.481 e. The van der Waals surface area contributed by atoms with Gasteiger partial charge in [-0.2, -0.15) is 4.98 Å². The van der Waals surface area contributed by atoms with Crippen molar-refractivity contribution in [2.75, 3.05) is 49.2 Å². The van der Waals surface area contributed by atoms with E-state index in [0.29, 0.717) is 26.2 Å². The maximum atomic E-state index is 11.8. The molecule has 1 atom stereocenters. The zero-order valence-corrected chi connectivity index (χ0v) is 15.2. The van der Waals surface area contributed by atoms with Gasteiger partial charge in [-0.15, -0.1) is 0 Å². The molecule has 2 aliphatic heterocycles. The second-order valence-electron chi connectivity index (χ2n) is 6.93. The van der Waals surface area contributed by atoms with Crippen LogP contribution < -0.4 is 9.80 Å². The van der Waals surface area contributed by atoms with E-state index in [-0.39, 0.29) is 0 Å². The van der Waals surface area contributed by atoms with Gasteiger partial charge in [0.05, 0.1) is 18.6 Å². The molecule has 1 aromatic rings. The summed E-state index contributed by atoms with van der Waals surface area (Å²) < 4.78 is 5.42. The van der Waals surface area contributed by atoms with Crippen LogP contribution in [-0.4, -0.2) is 60.4 Å². The lowest BCUT2D eigenvalue weighted by atomic mass is 9.77. The number of piperidine rings is 1. The highest BCUT2D eigenvalue weighted by Gasteiger charge is 2.41. The predicted octanol–water partition coefficient (Wildman–Crippen LogP) is 1.96. The third-order valence-corrected chi connectivity index (χ3v) is 5.44. The van der Waals surface area contributed by atoms with Gasteiger partial charge in [0, 0.05) is 37.9 Å². The Kier molecular flexibility index (Phi) is 5.42. The molecular weight excluding hydrogens is 320 g/mol. The fourth-order valence-electron chi connectivity index (χ4n) is 3.66. The molecule has 0 spiro atoms. The highest BCUT2D eigenvalue weighted by molar-refractivity contribution is 5.76. The van der Waals surface area contributed by atoms with Crippen LogP contribution in [0.4, 0.5) is 11.8 Å². The Labute approximate surface area is 149 Å². The average Bonchev–Trinajstić information content (AvgIpc) is 2.68. The van der Waals surface area contributed by atoms with E-state index in [4.69, 9.17) is 9.72 Å². The first-order valence-electron chi connectivity index (χ1n) is 9.27. The molecule has 25 heavy (non-hydrogen) atoms. The molecule has 0 radical (unpaired) electrons. The van der Waals surface area contributed by atoms with Gasteiger partial charge in [0.2, 0.25) is 5.95 Å². The number of carbonyl (C=O) groups is 1. The molecule has 1 unspecified atom stereocenters. The molecule has 2 fully saturated rings. The van der Waals surface area contributed by atoms with E-state index in [0.717, 1.165) is 56.4 Å². The molecule has 1 N–H and O–H groups in total. The van der Waals surface area contributed by atoms with Gasteiger partial charge >= 0.3 is 5.97 Å². The number of rotatable bonds is 5. The second kappa shape index (κ2) is 7.56. The van der Waals surface area contributed by atoms with Gasteiger partial charge in [0.25, 0.3) is 0 Å². The normalized spacial score (nSPS) is 24.4. The van der Waals surface area contributed by atoms with Gasteiger partial charge in [0.15, 0.2) is 0 Å². The van der Waals surface area contributed by atoms with Crippen molar-refractivity contribution in [3.8, 4) is 0 Å². The molecule has 138 valence electrons. The SMILES string of the molecule is CCc1cc(N2CCCC(CC)(C(=O)O)C2)nc(N2CCOCC2)n1. The molecule has 0 aromatic carbocycles. The summed E-state index contributed by atoms with van der Waals surface area (Å²) >= 11 is 0. The average molecular weight is 348 g/mol. The number of morpholine rings is 1. The number of aliphatic carboxylic acids is 1. The van der Waals surface area contributed by atoms with E-state index in [1.165, 1.54) is 0 Å². The fraction of sp³-hybridized carbons (Fsp3) is 0.722. The molecule has 0 bridgehead atoms. The maximum Gasteiger partial charge on any atom is 0.311 e. The summed E-state index contributed by atoms with van der Waals surface area (Å²) in [5.41, 5.74) is 0.323.